The quantitative estimate of drug-likeness (QED) is 0.873. The van der Waals surface area contributed by atoms with Crippen molar-refractivity contribution in [2.75, 3.05) is 30.8 Å². The second-order valence-electron chi connectivity index (χ2n) is 6.96. The number of aromatic nitrogens is 3. The van der Waals surface area contributed by atoms with Gasteiger partial charge in [0, 0.05) is 37.9 Å². The number of anilines is 2. The predicted octanol–water partition coefficient (Wildman–Crippen LogP) is 2.48. The molecule has 1 atom stereocenters. The van der Waals surface area contributed by atoms with Crippen molar-refractivity contribution in [3.63, 3.8) is 0 Å². The minimum Gasteiger partial charge on any atom is -0.373 e. The SMILES string of the molecule is CNc1nc(N[C@H]2CCCN(Cc3ccccn3)C2)nc2c1CCC2. The molecule has 132 valence electrons. The number of pyridine rings is 1. The molecule has 0 radical (unpaired) electrons. The van der Waals surface area contributed by atoms with Crippen LogP contribution >= 0.6 is 0 Å². The molecule has 1 aliphatic carbocycles. The number of fused-ring (bicyclic) bond motifs is 1. The van der Waals surface area contributed by atoms with Gasteiger partial charge in [0.05, 0.1) is 11.4 Å². The second kappa shape index (κ2) is 7.35. The average molecular weight is 338 g/mol. The lowest BCUT2D eigenvalue weighted by Crippen LogP contribution is -2.42. The molecule has 0 saturated carbocycles. The summed E-state index contributed by atoms with van der Waals surface area (Å²) in [5, 5.41) is 6.81. The molecule has 2 aromatic rings. The van der Waals surface area contributed by atoms with Gasteiger partial charge < -0.3 is 10.6 Å². The monoisotopic (exact) mass is 338 g/mol. The van der Waals surface area contributed by atoms with Gasteiger partial charge in [-0.05, 0) is 50.8 Å². The Bertz CT molecular complexity index is 717. The highest BCUT2D eigenvalue weighted by atomic mass is 15.2. The van der Waals surface area contributed by atoms with Gasteiger partial charge in [-0.15, -0.1) is 0 Å². The van der Waals surface area contributed by atoms with Gasteiger partial charge in [-0.1, -0.05) is 6.07 Å². The maximum atomic E-state index is 4.77. The fourth-order valence-electron chi connectivity index (χ4n) is 3.92. The molecule has 0 bridgehead atoms. The minimum atomic E-state index is 0.390. The van der Waals surface area contributed by atoms with Crippen molar-refractivity contribution in [2.24, 2.45) is 0 Å². The normalized spacial score (nSPS) is 20.3. The van der Waals surface area contributed by atoms with Crippen LogP contribution < -0.4 is 10.6 Å². The van der Waals surface area contributed by atoms with Crippen LogP contribution in [0, 0.1) is 0 Å². The standard InChI is InChI=1S/C19H26N6/c1-20-18-16-8-4-9-17(16)23-19(24-18)22-15-7-5-11-25(13-15)12-14-6-2-3-10-21-14/h2-3,6,10,15H,4-5,7-9,11-13H2,1H3,(H2,20,22,23,24)/t15-/m0/s1. The molecule has 0 spiro atoms. The number of hydrogen-bond acceptors (Lipinski definition) is 6. The van der Waals surface area contributed by atoms with Gasteiger partial charge in [-0.3, -0.25) is 9.88 Å². The summed E-state index contributed by atoms with van der Waals surface area (Å²) in [6, 6.07) is 6.51. The number of rotatable bonds is 5. The lowest BCUT2D eigenvalue weighted by atomic mass is 10.1. The first-order valence-electron chi connectivity index (χ1n) is 9.28. The predicted molar refractivity (Wildman–Crippen MR) is 99.8 cm³/mol. The summed E-state index contributed by atoms with van der Waals surface area (Å²) in [6.45, 7) is 3.04. The van der Waals surface area contributed by atoms with Crippen molar-refractivity contribution in [2.45, 2.75) is 44.7 Å². The van der Waals surface area contributed by atoms with Crippen LogP contribution in [0.5, 0.6) is 0 Å². The van der Waals surface area contributed by atoms with E-state index in [1.807, 2.05) is 19.3 Å². The Labute approximate surface area is 149 Å². The van der Waals surface area contributed by atoms with Crippen LogP contribution in [0.4, 0.5) is 11.8 Å². The summed E-state index contributed by atoms with van der Waals surface area (Å²) < 4.78 is 0. The van der Waals surface area contributed by atoms with Gasteiger partial charge in [0.1, 0.15) is 5.82 Å². The molecule has 3 heterocycles. The van der Waals surface area contributed by atoms with E-state index in [9.17, 15) is 0 Å². The van der Waals surface area contributed by atoms with Crippen LogP contribution in [-0.2, 0) is 19.4 Å². The van der Waals surface area contributed by atoms with Crippen molar-refractivity contribution in [3.8, 4) is 0 Å². The maximum absolute atomic E-state index is 4.77. The minimum absolute atomic E-state index is 0.390. The van der Waals surface area contributed by atoms with Crippen molar-refractivity contribution < 1.29 is 0 Å². The summed E-state index contributed by atoms with van der Waals surface area (Å²) >= 11 is 0. The van der Waals surface area contributed by atoms with Crippen LogP contribution in [0.1, 0.15) is 36.2 Å². The summed E-state index contributed by atoms with van der Waals surface area (Å²) in [5.41, 5.74) is 3.64. The first-order valence-corrected chi connectivity index (χ1v) is 9.28. The molecule has 2 N–H and O–H groups in total. The highest BCUT2D eigenvalue weighted by molar-refractivity contribution is 5.52. The molecule has 4 rings (SSSR count). The molecule has 0 amide bonds. The number of nitrogens with one attached hydrogen (secondary N) is 2. The van der Waals surface area contributed by atoms with E-state index in [1.54, 1.807) is 0 Å². The van der Waals surface area contributed by atoms with Gasteiger partial charge in [0.25, 0.3) is 0 Å². The third-order valence-electron chi connectivity index (χ3n) is 5.12. The topological polar surface area (TPSA) is 66.0 Å². The van der Waals surface area contributed by atoms with E-state index < -0.39 is 0 Å². The molecule has 1 saturated heterocycles. The van der Waals surface area contributed by atoms with Crippen molar-refractivity contribution >= 4 is 11.8 Å². The fourth-order valence-corrected chi connectivity index (χ4v) is 3.92. The summed E-state index contributed by atoms with van der Waals surface area (Å²) in [7, 11) is 1.94. The Hall–Kier alpha value is -2.21. The van der Waals surface area contributed by atoms with Crippen LogP contribution in [0.25, 0.3) is 0 Å². The van der Waals surface area contributed by atoms with Gasteiger partial charge in [0.15, 0.2) is 0 Å². The van der Waals surface area contributed by atoms with E-state index in [0.717, 1.165) is 56.4 Å². The molecule has 2 aromatic heterocycles. The van der Waals surface area contributed by atoms with E-state index >= 15 is 0 Å². The molecule has 6 nitrogen and oxygen atoms in total. The molecule has 0 unspecified atom stereocenters. The highest BCUT2D eigenvalue weighted by Crippen LogP contribution is 2.27. The van der Waals surface area contributed by atoms with Crippen LogP contribution in [0.2, 0.25) is 0 Å². The third-order valence-corrected chi connectivity index (χ3v) is 5.12. The number of likely N-dealkylation sites (tertiary alicyclic amines) is 1. The second-order valence-corrected chi connectivity index (χ2v) is 6.96. The van der Waals surface area contributed by atoms with Gasteiger partial charge in [0.2, 0.25) is 5.95 Å². The van der Waals surface area contributed by atoms with Gasteiger partial charge >= 0.3 is 0 Å². The van der Waals surface area contributed by atoms with E-state index in [1.165, 1.54) is 24.1 Å². The lowest BCUT2D eigenvalue weighted by Gasteiger charge is -2.33. The molecule has 1 aliphatic heterocycles. The van der Waals surface area contributed by atoms with Crippen LogP contribution in [-0.4, -0.2) is 46.0 Å². The molecule has 0 aromatic carbocycles. The van der Waals surface area contributed by atoms with E-state index in [0.29, 0.717) is 6.04 Å². The Morgan fingerprint density at radius 3 is 3.00 bits per heavy atom. The molecule has 2 aliphatic rings. The first-order chi connectivity index (χ1) is 12.3. The Balaban J connectivity index is 1.42. The molecular formula is C19H26N6. The lowest BCUT2D eigenvalue weighted by molar-refractivity contribution is 0.206. The average Bonchev–Trinajstić information content (AvgIpc) is 3.11. The summed E-state index contributed by atoms with van der Waals surface area (Å²) in [4.78, 5) is 16.4. The van der Waals surface area contributed by atoms with E-state index in [4.69, 9.17) is 9.97 Å². The summed E-state index contributed by atoms with van der Waals surface area (Å²) in [5.74, 6) is 1.76. The number of nitrogens with zero attached hydrogens (tertiary/aromatic N) is 4. The zero-order valence-corrected chi connectivity index (χ0v) is 14.8. The van der Waals surface area contributed by atoms with Crippen LogP contribution in [0.15, 0.2) is 24.4 Å². The summed E-state index contributed by atoms with van der Waals surface area (Å²) in [6.07, 6.45) is 7.56. The van der Waals surface area contributed by atoms with Crippen molar-refractivity contribution in [3.05, 3.63) is 41.3 Å². The third kappa shape index (κ3) is 3.74. The fraction of sp³-hybridized carbons (Fsp3) is 0.526. The highest BCUT2D eigenvalue weighted by Gasteiger charge is 2.23. The number of aryl methyl sites for hydroxylation is 1. The number of hydrogen-bond donors (Lipinski definition) is 2. The molecular weight excluding hydrogens is 312 g/mol. The number of piperidine rings is 1. The zero-order valence-electron chi connectivity index (χ0n) is 14.8. The van der Waals surface area contributed by atoms with Crippen molar-refractivity contribution in [1.82, 2.24) is 19.9 Å². The largest absolute Gasteiger partial charge is 0.373 e. The molecule has 6 heteroatoms. The molecule has 1 fully saturated rings. The van der Waals surface area contributed by atoms with Crippen LogP contribution in [0.3, 0.4) is 0 Å². The van der Waals surface area contributed by atoms with Gasteiger partial charge in [-0.25, -0.2) is 4.98 Å². The maximum Gasteiger partial charge on any atom is 0.225 e. The van der Waals surface area contributed by atoms with Crippen molar-refractivity contribution in [1.29, 1.82) is 0 Å². The Morgan fingerprint density at radius 2 is 2.16 bits per heavy atom. The first kappa shape index (κ1) is 16.3. The zero-order chi connectivity index (χ0) is 17.1. The Morgan fingerprint density at radius 1 is 1.20 bits per heavy atom. The smallest absolute Gasteiger partial charge is 0.225 e. The van der Waals surface area contributed by atoms with E-state index in [-0.39, 0.29) is 0 Å². The van der Waals surface area contributed by atoms with E-state index in [2.05, 4.69) is 32.7 Å². The Kier molecular flexibility index (Phi) is 4.78. The molecule has 25 heavy (non-hydrogen) atoms. The van der Waals surface area contributed by atoms with Gasteiger partial charge in [-0.2, -0.15) is 4.98 Å².